The van der Waals surface area contributed by atoms with Crippen molar-refractivity contribution < 1.29 is 9.22 Å². The Morgan fingerprint density at radius 3 is 2.28 bits per heavy atom. The fourth-order valence-corrected chi connectivity index (χ4v) is 4.94. The van der Waals surface area contributed by atoms with E-state index >= 15 is 0 Å². The van der Waals surface area contributed by atoms with Crippen LogP contribution in [0.25, 0.3) is 0 Å². The summed E-state index contributed by atoms with van der Waals surface area (Å²) in [7, 11) is -2.03. The van der Waals surface area contributed by atoms with Crippen molar-refractivity contribution in [2.75, 3.05) is 0 Å². The lowest BCUT2D eigenvalue weighted by atomic mass is 9.61. The van der Waals surface area contributed by atoms with E-state index in [1.807, 2.05) is 30.3 Å². The minimum absolute atomic E-state index is 0.0945. The second-order valence-electron chi connectivity index (χ2n) is 10.9. The summed E-state index contributed by atoms with van der Waals surface area (Å²) in [5.74, 6) is 1.26. The highest BCUT2D eigenvalue weighted by Crippen LogP contribution is 2.50. The van der Waals surface area contributed by atoms with Crippen LogP contribution >= 0.6 is 0 Å². The number of rotatable bonds is 6. The van der Waals surface area contributed by atoms with E-state index in [4.69, 9.17) is 4.43 Å². The van der Waals surface area contributed by atoms with Gasteiger partial charge in [-0.1, -0.05) is 76.6 Å². The van der Waals surface area contributed by atoms with E-state index in [-0.39, 0.29) is 22.2 Å². The van der Waals surface area contributed by atoms with Gasteiger partial charge in [0.1, 0.15) is 0 Å². The third-order valence-corrected chi connectivity index (χ3v) is 11.4. The molecule has 0 saturated heterocycles. The largest absolute Gasteiger partial charge is 0.546 e. The monoisotopic (exact) mass is 412 g/mol. The molecule has 0 heterocycles. The van der Waals surface area contributed by atoms with Crippen molar-refractivity contribution in [3.8, 4) is 0 Å². The van der Waals surface area contributed by atoms with Crippen molar-refractivity contribution in [1.29, 1.82) is 0 Å². The van der Waals surface area contributed by atoms with Crippen LogP contribution in [0.5, 0.6) is 0 Å². The minimum atomic E-state index is -2.03. The van der Waals surface area contributed by atoms with Crippen LogP contribution < -0.4 is 0 Å². The first kappa shape index (κ1) is 23.7. The quantitative estimate of drug-likeness (QED) is 0.271. The van der Waals surface area contributed by atoms with Crippen LogP contribution in [-0.2, 0) is 4.43 Å². The number of carbonyl (C=O) groups excluding carboxylic acids is 1. The number of carbonyl (C=O) groups is 1. The van der Waals surface area contributed by atoms with Crippen molar-refractivity contribution in [2.45, 2.75) is 79.4 Å². The Bertz CT molecular complexity index is 775. The van der Waals surface area contributed by atoms with E-state index in [1.165, 1.54) is 5.57 Å². The fourth-order valence-electron chi connectivity index (χ4n) is 3.84. The molecule has 1 aromatic rings. The molecule has 0 saturated carbocycles. The van der Waals surface area contributed by atoms with Gasteiger partial charge in [0.25, 0.3) is 0 Å². The molecule has 1 aliphatic rings. The van der Waals surface area contributed by atoms with Gasteiger partial charge in [0.15, 0.2) is 5.78 Å². The van der Waals surface area contributed by atoms with Crippen LogP contribution in [0.15, 0.2) is 53.8 Å². The first-order chi connectivity index (χ1) is 13.3. The molecule has 2 rings (SSSR count). The predicted molar refractivity (Wildman–Crippen MR) is 127 cm³/mol. The average Bonchev–Trinajstić information content (AvgIpc) is 2.59. The number of allylic oxidation sites excluding steroid dienone is 4. The Balaban J connectivity index is 2.49. The molecule has 0 bridgehead atoms. The molecule has 2 nitrogen and oxygen atoms in total. The topological polar surface area (TPSA) is 26.3 Å². The fraction of sp³-hybridized carbons (Fsp3) is 0.577. The van der Waals surface area contributed by atoms with Crippen molar-refractivity contribution in [1.82, 2.24) is 0 Å². The maximum absolute atomic E-state index is 13.7. The molecule has 0 aromatic heterocycles. The third-order valence-electron chi connectivity index (χ3n) is 6.99. The zero-order valence-corrected chi connectivity index (χ0v) is 20.9. The van der Waals surface area contributed by atoms with E-state index in [9.17, 15) is 4.79 Å². The van der Waals surface area contributed by atoms with Crippen molar-refractivity contribution in [3.05, 3.63) is 59.4 Å². The summed E-state index contributed by atoms with van der Waals surface area (Å²) in [4.78, 5) is 13.7. The summed E-state index contributed by atoms with van der Waals surface area (Å²) < 4.78 is 6.77. The Labute approximate surface area is 179 Å². The lowest BCUT2D eigenvalue weighted by Crippen LogP contribution is -2.47. The Morgan fingerprint density at radius 1 is 1.17 bits per heavy atom. The van der Waals surface area contributed by atoms with E-state index in [0.29, 0.717) is 5.92 Å². The van der Waals surface area contributed by atoms with Gasteiger partial charge < -0.3 is 4.43 Å². The summed E-state index contributed by atoms with van der Waals surface area (Å²) in [5, 5.41) is 0.0945. The molecule has 0 fully saturated rings. The number of ketones is 1. The first-order valence-electron chi connectivity index (χ1n) is 10.9. The van der Waals surface area contributed by atoms with Gasteiger partial charge in [-0.15, -0.1) is 0 Å². The molecule has 0 unspecified atom stereocenters. The van der Waals surface area contributed by atoms with Gasteiger partial charge in [-0.05, 0) is 62.2 Å². The highest BCUT2D eigenvalue weighted by Gasteiger charge is 2.49. The smallest absolute Gasteiger partial charge is 0.250 e. The summed E-state index contributed by atoms with van der Waals surface area (Å²) in [6.45, 7) is 20.1. The van der Waals surface area contributed by atoms with Crippen LogP contribution in [0.4, 0.5) is 0 Å². The second kappa shape index (κ2) is 8.63. The molecular weight excluding hydrogens is 372 g/mol. The van der Waals surface area contributed by atoms with Crippen LogP contribution in [0.3, 0.4) is 0 Å². The van der Waals surface area contributed by atoms with E-state index in [1.54, 1.807) is 0 Å². The summed E-state index contributed by atoms with van der Waals surface area (Å²) in [5.41, 5.74) is 1.93. The molecule has 29 heavy (non-hydrogen) atoms. The van der Waals surface area contributed by atoms with Gasteiger partial charge in [0.2, 0.25) is 8.32 Å². The highest BCUT2D eigenvalue weighted by molar-refractivity contribution is 6.74. The molecular formula is C26H40O2Si. The summed E-state index contributed by atoms with van der Waals surface area (Å²) >= 11 is 0. The van der Waals surface area contributed by atoms with E-state index in [2.05, 4.69) is 73.7 Å². The normalized spacial score (nSPS) is 21.9. The molecule has 0 N–H and O–H groups in total. The van der Waals surface area contributed by atoms with Gasteiger partial charge in [-0.25, -0.2) is 0 Å². The Hall–Kier alpha value is -1.61. The first-order valence-corrected chi connectivity index (χ1v) is 13.8. The van der Waals surface area contributed by atoms with Gasteiger partial charge in [0, 0.05) is 5.56 Å². The standard InChI is InChI=1S/C26H40O2Si/c1-19(2)15-16-21-17-18-22(28-29(8,9)25(3,4)5)23(26(21,6)7)24(27)20-13-11-10-12-14-20/h10-15,18,21,23H,16-17H2,1-9H3/t21-,23+/m0/s1. The number of benzene rings is 1. The summed E-state index contributed by atoms with van der Waals surface area (Å²) in [6, 6.07) is 9.72. The molecule has 0 spiro atoms. The molecule has 3 heteroatoms. The Kier molecular flexibility index (Phi) is 7.04. The molecule has 160 valence electrons. The van der Waals surface area contributed by atoms with E-state index < -0.39 is 8.32 Å². The predicted octanol–water partition coefficient (Wildman–Crippen LogP) is 7.79. The van der Waals surface area contributed by atoms with Gasteiger partial charge in [0.05, 0.1) is 11.7 Å². The molecule has 1 aromatic carbocycles. The SMILES string of the molecule is CC(C)=CC[C@H]1CC=C(O[Si](C)(C)C(C)(C)C)[C@H](C(=O)c2ccccc2)C1(C)C. The lowest BCUT2D eigenvalue weighted by molar-refractivity contribution is 0.0593. The average molecular weight is 413 g/mol. The minimum Gasteiger partial charge on any atom is -0.546 e. The number of hydrogen-bond acceptors (Lipinski definition) is 2. The van der Waals surface area contributed by atoms with Gasteiger partial charge in [-0.2, -0.15) is 0 Å². The zero-order chi connectivity index (χ0) is 22.0. The van der Waals surface area contributed by atoms with Crippen molar-refractivity contribution >= 4 is 14.1 Å². The maximum Gasteiger partial charge on any atom is 0.250 e. The van der Waals surface area contributed by atoms with Crippen LogP contribution in [-0.4, -0.2) is 14.1 Å². The highest BCUT2D eigenvalue weighted by atomic mass is 28.4. The summed E-state index contributed by atoms with van der Waals surface area (Å²) in [6.07, 6.45) is 6.49. The van der Waals surface area contributed by atoms with Crippen LogP contribution in [0, 0.1) is 17.3 Å². The van der Waals surface area contributed by atoms with Crippen molar-refractivity contribution in [2.24, 2.45) is 17.3 Å². The molecule has 0 amide bonds. The molecule has 1 aliphatic carbocycles. The van der Waals surface area contributed by atoms with Gasteiger partial charge in [-0.3, -0.25) is 4.79 Å². The van der Waals surface area contributed by atoms with Crippen LogP contribution in [0.1, 0.15) is 71.7 Å². The van der Waals surface area contributed by atoms with Gasteiger partial charge >= 0.3 is 0 Å². The second-order valence-corrected chi connectivity index (χ2v) is 15.6. The van der Waals surface area contributed by atoms with Crippen LogP contribution in [0.2, 0.25) is 18.1 Å². The number of Topliss-reactive ketones (excluding diaryl/α,β-unsaturated/α-hetero) is 1. The Morgan fingerprint density at radius 2 is 1.76 bits per heavy atom. The lowest BCUT2D eigenvalue weighted by Gasteiger charge is -2.47. The molecule has 0 radical (unpaired) electrons. The number of hydrogen-bond donors (Lipinski definition) is 0. The van der Waals surface area contributed by atoms with Crippen molar-refractivity contribution in [3.63, 3.8) is 0 Å². The maximum atomic E-state index is 13.7. The van der Waals surface area contributed by atoms with E-state index in [0.717, 1.165) is 24.2 Å². The molecule has 0 aliphatic heterocycles. The zero-order valence-electron chi connectivity index (χ0n) is 19.9. The molecule has 2 atom stereocenters. The third kappa shape index (κ3) is 5.31.